The molecule has 10 heteroatoms. The molecule has 40 heavy (non-hydrogen) atoms. The fourth-order valence-electron chi connectivity index (χ4n) is 4.33. The van der Waals surface area contributed by atoms with E-state index >= 15 is 0 Å². The highest BCUT2D eigenvalue weighted by Gasteiger charge is 2.35. The van der Waals surface area contributed by atoms with Gasteiger partial charge in [0.2, 0.25) is 0 Å². The minimum atomic E-state index is -0.453. The predicted octanol–water partition coefficient (Wildman–Crippen LogP) is 7.72. The molecular formula is C30H23BrN2O6S. The number of thioether (sulfide) groups is 1. The first-order valence-corrected chi connectivity index (χ1v) is 14.0. The average molecular weight is 619 g/mol. The van der Waals surface area contributed by atoms with Gasteiger partial charge in [-0.1, -0.05) is 42.5 Å². The van der Waals surface area contributed by atoms with E-state index in [4.69, 9.17) is 9.47 Å². The van der Waals surface area contributed by atoms with E-state index in [9.17, 15) is 19.7 Å². The summed E-state index contributed by atoms with van der Waals surface area (Å²) in [6.45, 7) is 2.58. The van der Waals surface area contributed by atoms with Gasteiger partial charge in [0, 0.05) is 12.1 Å². The summed E-state index contributed by atoms with van der Waals surface area (Å²) in [5, 5.41) is 12.6. The van der Waals surface area contributed by atoms with E-state index < -0.39 is 4.92 Å². The first-order chi connectivity index (χ1) is 19.3. The van der Waals surface area contributed by atoms with E-state index in [0.717, 1.165) is 33.7 Å². The van der Waals surface area contributed by atoms with Gasteiger partial charge in [0.25, 0.3) is 16.8 Å². The number of ether oxygens (including phenoxy) is 2. The quantitative estimate of drug-likeness (QED) is 0.107. The van der Waals surface area contributed by atoms with Crippen LogP contribution in [0.5, 0.6) is 11.5 Å². The normalized spacial score (nSPS) is 14.2. The Hall–Kier alpha value is -4.15. The van der Waals surface area contributed by atoms with Gasteiger partial charge in [-0.15, -0.1) is 0 Å². The summed E-state index contributed by atoms with van der Waals surface area (Å²) >= 11 is 4.44. The maximum absolute atomic E-state index is 13.3. The van der Waals surface area contributed by atoms with Crippen molar-refractivity contribution in [1.29, 1.82) is 0 Å². The molecule has 1 saturated heterocycles. The molecule has 1 aliphatic heterocycles. The van der Waals surface area contributed by atoms with Gasteiger partial charge in [0.1, 0.15) is 6.61 Å². The zero-order valence-corrected chi connectivity index (χ0v) is 23.7. The Bertz CT molecular complexity index is 1650. The van der Waals surface area contributed by atoms with Crippen LogP contribution in [-0.4, -0.2) is 27.6 Å². The van der Waals surface area contributed by atoms with Gasteiger partial charge < -0.3 is 9.47 Å². The third kappa shape index (κ3) is 5.88. The van der Waals surface area contributed by atoms with Crippen molar-refractivity contribution in [3.05, 3.63) is 115 Å². The molecule has 0 spiro atoms. The summed E-state index contributed by atoms with van der Waals surface area (Å²) in [7, 11) is 0. The van der Waals surface area contributed by atoms with Crippen LogP contribution in [0.1, 0.15) is 23.6 Å². The molecular weight excluding hydrogens is 596 g/mol. The molecule has 1 aliphatic rings. The highest BCUT2D eigenvalue weighted by Crippen LogP contribution is 2.40. The number of hydrogen-bond donors (Lipinski definition) is 0. The first kappa shape index (κ1) is 27.4. The number of carbonyl (C=O) groups is 2. The van der Waals surface area contributed by atoms with Gasteiger partial charge in [-0.2, -0.15) is 0 Å². The van der Waals surface area contributed by atoms with Crippen molar-refractivity contribution in [2.75, 3.05) is 6.61 Å². The van der Waals surface area contributed by atoms with E-state index in [2.05, 4.69) is 15.9 Å². The lowest BCUT2D eigenvalue weighted by atomic mass is 10.0. The molecule has 0 N–H and O–H groups in total. The molecule has 0 aliphatic carbocycles. The molecule has 0 unspecified atom stereocenters. The Kier molecular flexibility index (Phi) is 8.18. The number of fused-ring (bicyclic) bond motifs is 1. The van der Waals surface area contributed by atoms with Crippen molar-refractivity contribution in [2.45, 2.75) is 20.1 Å². The number of halogens is 1. The van der Waals surface area contributed by atoms with E-state index in [-0.39, 0.29) is 30.0 Å². The summed E-state index contributed by atoms with van der Waals surface area (Å²) in [5.74, 6) is 0.567. The molecule has 0 bridgehead atoms. The second-order valence-corrected chi connectivity index (χ2v) is 10.7. The molecule has 0 aromatic heterocycles. The Labute approximate surface area is 242 Å². The molecule has 0 atom stereocenters. The van der Waals surface area contributed by atoms with Gasteiger partial charge in [0.15, 0.2) is 11.5 Å². The highest BCUT2D eigenvalue weighted by atomic mass is 79.9. The number of nitro groups is 1. The molecule has 1 heterocycles. The molecule has 4 aromatic carbocycles. The van der Waals surface area contributed by atoms with Gasteiger partial charge in [-0.05, 0) is 92.4 Å². The lowest BCUT2D eigenvalue weighted by Gasteiger charge is -2.15. The summed E-state index contributed by atoms with van der Waals surface area (Å²) in [4.78, 5) is 38.1. The lowest BCUT2D eigenvalue weighted by molar-refractivity contribution is -0.384. The number of nitrogens with zero attached hydrogens (tertiary/aromatic N) is 2. The van der Waals surface area contributed by atoms with Crippen LogP contribution in [-0.2, 0) is 17.9 Å². The van der Waals surface area contributed by atoms with Crippen LogP contribution in [0.4, 0.5) is 10.5 Å². The molecule has 5 rings (SSSR count). The summed E-state index contributed by atoms with van der Waals surface area (Å²) in [5.41, 5.74) is 2.32. The fraction of sp³-hybridized carbons (Fsp3) is 0.133. The van der Waals surface area contributed by atoms with Crippen LogP contribution in [0, 0.1) is 10.1 Å². The number of non-ortho nitro benzene ring substituents is 1. The minimum absolute atomic E-state index is 0.00539. The average Bonchev–Trinajstić information content (AvgIpc) is 3.20. The smallest absolute Gasteiger partial charge is 0.293 e. The predicted molar refractivity (Wildman–Crippen MR) is 158 cm³/mol. The maximum Gasteiger partial charge on any atom is 0.293 e. The van der Waals surface area contributed by atoms with Gasteiger partial charge in [-0.25, -0.2) is 0 Å². The molecule has 2 amide bonds. The zero-order chi connectivity index (χ0) is 28.2. The maximum atomic E-state index is 13.3. The number of rotatable bonds is 9. The molecule has 0 saturated carbocycles. The number of benzene rings is 4. The standard InChI is InChI=1S/C30H23BrN2O6S/c1-2-38-26-15-20(14-25(31)28(26)39-18-19-10-12-23(13-11-19)33(36)37)16-27-29(34)32(30(35)40-27)17-22-8-5-7-21-6-3-4-9-24(21)22/h3-16H,2,17-18H2,1H3/b27-16-. The first-order valence-electron chi connectivity index (χ1n) is 12.4. The van der Waals surface area contributed by atoms with Crippen LogP contribution in [0.3, 0.4) is 0 Å². The van der Waals surface area contributed by atoms with Crippen molar-refractivity contribution in [3.8, 4) is 11.5 Å². The Morgan fingerprint density at radius 1 is 1.00 bits per heavy atom. The van der Waals surface area contributed by atoms with Crippen molar-refractivity contribution in [2.24, 2.45) is 0 Å². The van der Waals surface area contributed by atoms with E-state index in [1.165, 1.54) is 17.0 Å². The second kappa shape index (κ2) is 11.9. The highest BCUT2D eigenvalue weighted by molar-refractivity contribution is 9.10. The van der Waals surface area contributed by atoms with E-state index in [1.54, 1.807) is 30.3 Å². The van der Waals surface area contributed by atoms with Crippen LogP contribution in [0.25, 0.3) is 16.8 Å². The van der Waals surface area contributed by atoms with Gasteiger partial charge in [-0.3, -0.25) is 24.6 Å². The van der Waals surface area contributed by atoms with Crippen molar-refractivity contribution in [3.63, 3.8) is 0 Å². The third-order valence-electron chi connectivity index (χ3n) is 6.24. The summed E-state index contributed by atoms with van der Waals surface area (Å²) in [6.07, 6.45) is 1.67. The van der Waals surface area contributed by atoms with E-state index in [1.807, 2.05) is 49.4 Å². The van der Waals surface area contributed by atoms with Crippen LogP contribution in [0.2, 0.25) is 0 Å². The number of amides is 2. The molecule has 0 radical (unpaired) electrons. The Balaban J connectivity index is 1.36. The van der Waals surface area contributed by atoms with Crippen LogP contribution < -0.4 is 9.47 Å². The third-order valence-corrected chi connectivity index (χ3v) is 7.74. The largest absolute Gasteiger partial charge is 0.490 e. The topological polar surface area (TPSA) is 99.0 Å². The van der Waals surface area contributed by atoms with E-state index in [0.29, 0.717) is 33.0 Å². The van der Waals surface area contributed by atoms with Crippen molar-refractivity contribution in [1.82, 2.24) is 4.90 Å². The van der Waals surface area contributed by atoms with Crippen LogP contribution >= 0.6 is 27.7 Å². The van der Waals surface area contributed by atoms with Crippen molar-refractivity contribution < 1.29 is 24.0 Å². The molecule has 202 valence electrons. The second-order valence-electron chi connectivity index (χ2n) is 8.88. The van der Waals surface area contributed by atoms with Gasteiger partial charge >= 0.3 is 0 Å². The monoisotopic (exact) mass is 618 g/mol. The summed E-state index contributed by atoms with van der Waals surface area (Å²) in [6, 6.07) is 23.4. The SMILES string of the molecule is CCOc1cc(/C=C2\SC(=O)N(Cc3cccc4ccccc34)C2=O)cc(Br)c1OCc1ccc([N+](=O)[O-])cc1. The number of imide groups is 1. The number of carbonyl (C=O) groups excluding carboxylic acids is 2. The lowest BCUT2D eigenvalue weighted by Crippen LogP contribution is -2.27. The fourth-order valence-corrected chi connectivity index (χ4v) is 5.74. The minimum Gasteiger partial charge on any atom is -0.490 e. The number of hydrogen-bond acceptors (Lipinski definition) is 7. The number of nitro benzene ring substituents is 1. The van der Waals surface area contributed by atoms with Crippen molar-refractivity contribution >= 4 is 61.4 Å². The zero-order valence-electron chi connectivity index (χ0n) is 21.3. The molecule has 4 aromatic rings. The Morgan fingerprint density at radius 3 is 2.50 bits per heavy atom. The van der Waals surface area contributed by atoms with Crippen LogP contribution in [0.15, 0.2) is 88.2 Å². The molecule has 8 nitrogen and oxygen atoms in total. The molecule has 1 fully saturated rings. The van der Waals surface area contributed by atoms with Gasteiger partial charge in [0.05, 0.1) is 27.5 Å². The Morgan fingerprint density at radius 2 is 1.75 bits per heavy atom. The summed E-state index contributed by atoms with van der Waals surface area (Å²) < 4.78 is 12.4.